The molecule has 3 aromatic heterocycles. The van der Waals surface area contributed by atoms with Gasteiger partial charge in [0.05, 0.1) is 24.0 Å². The molecule has 0 atom stereocenters. The maximum Gasteiger partial charge on any atom is 0.184 e. The van der Waals surface area contributed by atoms with Crippen molar-refractivity contribution in [2.45, 2.75) is 31.8 Å². The number of hydroxylamine groups is 1. The number of carbonyl (C=O) groups is 1. The molecule has 1 saturated carbocycles. The van der Waals surface area contributed by atoms with Crippen LogP contribution in [0, 0.1) is 18.7 Å². The van der Waals surface area contributed by atoms with E-state index in [1.807, 2.05) is 0 Å². The van der Waals surface area contributed by atoms with Crippen LogP contribution < -0.4 is 10.8 Å². The van der Waals surface area contributed by atoms with Gasteiger partial charge in [-0.1, -0.05) is 5.16 Å². The second-order valence-electron chi connectivity index (χ2n) is 7.96. The predicted molar refractivity (Wildman–Crippen MR) is 104 cm³/mol. The number of carbonyl (C=O) groups excluding carboxylic acids is 1. The second kappa shape index (κ2) is 6.99. The summed E-state index contributed by atoms with van der Waals surface area (Å²) >= 11 is 0. The molecule has 0 bridgehead atoms. The first kappa shape index (κ1) is 18.9. The molecule has 2 fully saturated rings. The lowest BCUT2D eigenvalue weighted by Gasteiger charge is -2.52. The van der Waals surface area contributed by atoms with Gasteiger partial charge in [-0.3, -0.25) is 19.3 Å². The van der Waals surface area contributed by atoms with Crippen LogP contribution in [-0.4, -0.2) is 37.9 Å². The molecular formula is C20H21FN6O3. The molecule has 10 heteroatoms. The van der Waals surface area contributed by atoms with Crippen LogP contribution in [0.15, 0.2) is 28.9 Å². The molecule has 0 amide bonds. The summed E-state index contributed by atoms with van der Waals surface area (Å²) in [7, 11) is 1.76. The molecule has 0 aromatic carbocycles. The Morgan fingerprint density at radius 1 is 1.43 bits per heavy atom. The summed E-state index contributed by atoms with van der Waals surface area (Å²) in [5.74, 6) is 0.877. The van der Waals surface area contributed by atoms with Crippen molar-refractivity contribution in [1.29, 1.82) is 0 Å². The van der Waals surface area contributed by atoms with Crippen LogP contribution in [0.1, 0.15) is 34.7 Å². The highest BCUT2D eigenvalue weighted by Crippen LogP contribution is 2.43. The van der Waals surface area contributed by atoms with Crippen LogP contribution in [0.4, 0.5) is 10.2 Å². The fourth-order valence-corrected chi connectivity index (χ4v) is 4.04. The van der Waals surface area contributed by atoms with Crippen molar-refractivity contribution in [3.8, 4) is 11.4 Å². The van der Waals surface area contributed by atoms with Crippen molar-refractivity contribution >= 4 is 11.6 Å². The van der Waals surface area contributed by atoms with Gasteiger partial charge in [-0.15, -0.1) is 0 Å². The fraction of sp³-hybridized carbons (Fsp3) is 0.400. The van der Waals surface area contributed by atoms with Crippen molar-refractivity contribution in [3.63, 3.8) is 0 Å². The molecular weight excluding hydrogens is 391 g/mol. The molecule has 1 spiro atoms. The van der Waals surface area contributed by atoms with Gasteiger partial charge in [-0.05, 0) is 31.9 Å². The quantitative estimate of drug-likeness (QED) is 0.595. The molecule has 0 unspecified atom stereocenters. The summed E-state index contributed by atoms with van der Waals surface area (Å²) in [5.41, 5.74) is 5.38. The molecule has 1 aliphatic carbocycles. The van der Waals surface area contributed by atoms with Gasteiger partial charge in [0.15, 0.2) is 5.78 Å². The number of nitrogens with one attached hydrogen (secondary N) is 2. The summed E-state index contributed by atoms with van der Waals surface area (Å²) in [5, 5.41) is 11.7. The number of ketones is 1. The number of rotatable bonds is 6. The molecule has 2 N–H and O–H groups in total. The fourth-order valence-electron chi connectivity index (χ4n) is 4.04. The Morgan fingerprint density at radius 2 is 2.23 bits per heavy atom. The Labute approximate surface area is 171 Å². The van der Waals surface area contributed by atoms with Crippen molar-refractivity contribution in [3.05, 3.63) is 47.2 Å². The van der Waals surface area contributed by atoms with E-state index < -0.39 is 5.82 Å². The zero-order chi connectivity index (χ0) is 20.9. The van der Waals surface area contributed by atoms with Crippen molar-refractivity contribution in [1.82, 2.24) is 25.4 Å². The van der Waals surface area contributed by atoms with Gasteiger partial charge in [-0.25, -0.2) is 4.39 Å². The predicted octanol–water partition coefficient (Wildman–Crippen LogP) is 2.40. The minimum Gasteiger partial charge on any atom is -0.364 e. The van der Waals surface area contributed by atoms with Gasteiger partial charge in [0.2, 0.25) is 0 Å². The topological polar surface area (TPSA) is 107 Å². The Morgan fingerprint density at radius 3 is 2.90 bits per heavy atom. The lowest BCUT2D eigenvalue weighted by Crippen LogP contribution is -2.68. The first-order valence-corrected chi connectivity index (χ1v) is 9.72. The standard InChI is InChI=1S/C20H21FN6O3/c1-11-14(18(25-30-11)15-4-3-13(21)8-22-15)9-23-17-5-16(27(2)24-17)19(28)12-6-20(7-12)10-29-26-20/h3-5,8,12,26H,6-7,9-10H2,1-2H3,(H,23,24). The van der Waals surface area contributed by atoms with Gasteiger partial charge < -0.3 is 9.84 Å². The van der Waals surface area contributed by atoms with Crippen LogP contribution in [0.2, 0.25) is 0 Å². The van der Waals surface area contributed by atoms with E-state index in [2.05, 4.69) is 26.0 Å². The molecule has 5 rings (SSSR count). The SMILES string of the molecule is Cc1onc(-c2ccc(F)cn2)c1CNc1cc(C(=O)C2CC3(CON3)C2)n(C)n1. The normalized spacial score (nSPS) is 22.6. The average Bonchev–Trinajstić information content (AvgIpc) is 3.20. The molecule has 4 heterocycles. The Hall–Kier alpha value is -3.11. The third-order valence-corrected chi connectivity index (χ3v) is 5.82. The summed E-state index contributed by atoms with van der Waals surface area (Å²) in [6.07, 6.45) is 2.71. The average molecular weight is 412 g/mol. The molecule has 9 nitrogen and oxygen atoms in total. The number of aromatic nitrogens is 4. The highest BCUT2D eigenvalue weighted by atomic mass is 19.1. The third-order valence-electron chi connectivity index (χ3n) is 5.82. The van der Waals surface area contributed by atoms with E-state index in [-0.39, 0.29) is 17.2 Å². The maximum absolute atomic E-state index is 13.2. The van der Waals surface area contributed by atoms with Gasteiger partial charge in [-0.2, -0.15) is 10.6 Å². The second-order valence-corrected chi connectivity index (χ2v) is 7.96. The molecule has 30 heavy (non-hydrogen) atoms. The van der Waals surface area contributed by atoms with Crippen LogP contribution in [-0.2, 0) is 18.4 Å². The van der Waals surface area contributed by atoms with Crippen molar-refractivity contribution < 1.29 is 18.5 Å². The number of hydrogen-bond donors (Lipinski definition) is 2. The van der Waals surface area contributed by atoms with E-state index >= 15 is 0 Å². The number of anilines is 1. The number of pyridine rings is 1. The van der Waals surface area contributed by atoms with E-state index in [1.54, 1.807) is 30.8 Å². The monoisotopic (exact) mass is 412 g/mol. The smallest absolute Gasteiger partial charge is 0.184 e. The first-order valence-electron chi connectivity index (χ1n) is 9.72. The van der Waals surface area contributed by atoms with Gasteiger partial charge in [0.25, 0.3) is 0 Å². The number of Topliss-reactive ketones (excluding diaryl/α,β-unsaturated/α-hetero) is 1. The number of nitrogens with zero attached hydrogens (tertiary/aromatic N) is 4. The highest BCUT2D eigenvalue weighted by Gasteiger charge is 2.52. The molecule has 156 valence electrons. The van der Waals surface area contributed by atoms with E-state index in [9.17, 15) is 9.18 Å². The molecule has 2 aliphatic rings. The first-order chi connectivity index (χ1) is 14.4. The Balaban J connectivity index is 1.29. The van der Waals surface area contributed by atoms with E-state index in [4.69, 9.17) is 9.36 Å². The van der Waals surface area contributed by atoms with Crippen LogP contribution >= 0.6 is 0 Å². The minimum absolute atomic E-state index is 0.00337. The maximum atomic E-state index is 13.2. The lowest BCUT2D eigenvalue weighted by atomic mass is 9.66. The number of aryl methyl sites for hydroxylation is 2. The minimum atomic E-state index is -0.415. The summed E-state index contributed by atoms with van der Waals surface area (Å²) in [6.45, 7) is 2.84. The molecule has 1 aliphatic heterocycles. The third kappa shape index (κ3) is 3.17. The summed E-state index contributed by atoms with van der Waals surface area (Å²) in [4.78, 5) is 21.9. The molecule has 3 aromatic rings. The van der Waals surface area contributed by atoms with Crippen LogP contribution in [0.5, 0.6) is 0 Å². The van der Waals surface area contributed by atoms with Gasteiger partial charge >= 0.3 is 0 Å². The Kier molecular flexibility index (Phi) is 4.40. The number of hydrogen-bond acceptors (Lipinski definition) is 8. The van der Waals surface area contributed by atoms with Crippen LogP contribution in [0.25, 0.3) is 11.4 Å². The zero-order valence-electron chi connectivity index (χ0n) is 16.6. The number of halogens is 1. The van der Waals surface area contributed by atoms with Gasteiger partial charge in [0, 0.05) is 31.1 Å². The molecule has 0 radical (unpaired) electrons. The van der Waals surface area contributed by atoms with Crippen LogP contribution in [0.3, 0.4) is 0 Å². The van der Waals surface area contributed by atoms with Crippen molar-refractivity contribution in [2.75, 3.05) is 11.9 Å². The largest absolute Gasteiger partial charge is 0.364 e. The summed E-state index contributed by atoms with van der Waals surface area (Å²) in [6, 6.07) is 4.65. The van der Waals surface area contributed by atoms with E-state index in [0.717, 1.165) is 24.6 Å². The van der Waals surface area contributed by atoms with E-state index in [1.165, 1.54) is 6.07 Å². The summed E-state index contributed by atoms with van der Waals surface area (Å²) < 4.78 is 20.1. The van der Waals surface area contributed by atoms with Gasteiger partial charge in [0.1, 0.15) is 28.8 Å². The molecule has 1 saturated heterocycles. The zero-order valence-corrected chi connectivity index (χ0v) is 16.6. The lowest BCUT2D eigenvalue weighted by molar-refractivity contribution is -0.200. The van der Waals surface area contributed by atoms with E-state index in [0.29, 0.717) is 41.8 Å². The highest BCUT2D eigenvalue weighted by molar-refractivity contribution is 5.98. The van der Waals surface area contributed by atoms with Crippen molar-refractivity contribution in [2.24, 2.45) is 13.0 Å². The Bertz CT molecular complexity index is 1090.